The molecule has 0 fully saturated rings. The Morgan fingerprint density at radius 3 is 1.59 bits per heavy atom. The van der Waals surface area contributed by atoms with E-state index in [9.17, 15) is 4.79 Å². The minimum Gasteiger partial charge on any atom is -0.287 e. The summed E-state index contributed by atoms with van der Waals surface area (Å²) in [6.45, 7) is 6.60. The van der Waals surface area contributed by atoms with Gasteiger partial charge < -0.3 is 0 Å². The molecule has 0 unspecified atom stereocenters. The molecule has 0 atom stereocenters. The first kappa shape index (κ1) is 17.0. The summed E-state index contributed by atoms with van der Waals surface area (Å²) >= 11 is 4.19. The Balaban J connectivity index is 4.50. The molecule has 0 aliphatic rings. The zero-order valence-corrected chi connectivity index (χ0v) is 12.8. The van der Waals surface area contributed by atoms with E-state index in [1.165, 1.54) is 32.1 Å². The van der Waals surface area contributed by atoms with Gasteiger partial charge in [0.05, 0.1) is 0 Å². The Bertz CT molecular complexity index is 193. The van der Waals surface area contributed by atoms with E-state index < -0.39 is 0 Å². The van der Waals surface area contributed by atoms with Crippen LogP contribution in [0.25, 0.3) is 0 Å². The van der Waals surface area contributed by atoms with E-state index in [0.717, 1.165) is 32.1 Å². The first-order valence-electron chi connectivity index (χ1n) is 7.36. The average Bonchev–Trinajstić information content (AvgIpc) is 2.32. The van der Waals surface area contributed by atoms with Crippen LogP contribution in [0, 0.1) is 5.41 Å². The molecule has 0 radical (unpaired) electrons. The fourth-order valence-corrected chi connectivity index (χ4v) is 2.77. The minimum absolute atomic E-state index is 0.121. The van der Waals surface area contributed by atoms with Crippen molar-refractivity contribution >= 4 is 17.7 Å². The first-order chi connectivity index (χ1) is 8.13. The highest BCUT2D eigenvalue weighted by atomic mass is 32.1. The topological polar surface area (TPSA) is 17.1 Å². The second kappa shape index (κ2) is 9.99. The van der Waals surface area contributed by atoms with E-state index in [1.54, 1.807) is 0 Å². The van der Waals surface area contributed by atoms with Crippen LogP contribution in [0.3, 0.4) is 0 Å². The molecule has 0 bridgehead atoms. The van der Waals surface area contributed by atoms with Crippen LogP contribution < -0.4 is 0 Å². The third-order valence-corrected chi connectivity index (χ3v) is 4.20. The van der Waals surface area contributed by atoms with Crippen molar-refractivity contribution in [2.45, 2.75) is 85.0 Å². The number of carbonyl (C=O) groups is 1. The number of hydrogen-bond donors (Lipinski definition) is 1. The fourth-order valence-electron chi connectivity index (χ4n) is 2.44. The molecule has 0 aromatic carbocycles. The minimum atomic E-state index is -0.121. The summed E-state index contributed by atoms with van der Waals surface area (Å²) in [6.07, 6.45) is 11.4. The number of thiol groups is 1. The summed E-state index contributed by atoms with van der Waals surface area (Å²) in [7, 11) is 0. The molecule has 0 aromatic rings. The lowest BCUT2D eigenvalue weighted by Gasteiger charge is -2.31. The Labute approximate surface area is 113 Å². The third-order valence-electron chi connectivity index (χ3n) is 3.73. The maximum atomic E-state index is 11.9. The molecule has 0 rings (SSSR count). The third kappa shape index (κ3) is 6.49. The number of carbonyl (C=O) groups excluding carboxylic acids is 1. The summed E-state index contributed by atoms with van der Waals surface area (Å²) in [5, 5.41) is 0.135. The molecule has 0 saturated carbocycles. The standard InChI is InChI=1S/C15H30OS/c1-4-7-10-13-15(14(16)17,11-8-5-2)12-9-6-3/h4-13H2,1-3H3,(H,16,17). The second-order valence-corrected chi connectivity index (χ2v) is 5.66. The van der Waals surface area contributed by atoms with Crippen LogP contribution in [0.5, 0.6) is 0 Å². The molecule has 0 heterocycles. The van der Waals surface area contributed by atoms with Crippen molar-refractivity contribution in [3.8, 4) is 0 Å². The monoisotopic (exact) mass is 258 g/mol. The smallest absolute Gasteiger partial charge is 0.192 e. The summed E-state index contributed by atoms with van der Waals surface area (Å²) in [4.78, 5) is 11.9. The Morgan fingerprint density at radius 2 is 1.24 bits per heavy atom. The van der Waals surface area contributed by atoms with Gasteiger partial charge in [-0.15, -0.1) is 12.6 Å². The van der Waals surface area contributed by atoms with Crippen molar-refractivity contribution in [2.24, 2.45) is 5.41 Å². The van der Waals surface area contributed by atoms with Gasteiger partial charge in [-0.3, -0.25) is 4.79 Å². The highest BCUT2D eigenvalue weighted by Crippen LogP contribution is 2.38. The zero-order valence-electron chi connectivity index (χ0n) is 11.9. The maximum Gasteiger partial charge on any atom is 0.192 e. The number of unbranched alkanes of at least 4 members (excludes halogenated alkanes) is 4. The Morgan fingerprint density at radius 1 is 0.824 bits per heavy atom. The molecule has 0 aliphatic heterocycles. The van der Waals surface area contributed by atoms with E-state index >= 15 is 0 Å². The van der Waals surface area contributed by atoms with Crippen molar-refractivity contribution in [1.82, 2.24) is 0 Å². The molecule has 2 heteroatoms. The maximum absolute atomic E-state index is 11.9. The summed E-state index contributed by atoms with van der Waals surface area (Å²) in [6, 6.07) is 0. The van der Waals surface area contributed by atoms with Gasteiger partial charge in [0.2, 0.25) is 0 Å². The van der Waals surface area contributed by atoms with Crippen molar-refractivity contribution in [3.05, 3.63) is 0 Å². The van der Waals surface area contributed by atoms with Crippen molar-refractivity contribution < 1.29 is 4.79 Å². The van der Waals surface area contributed by atoms with E-state index in [1.807, 2.05) is 0 Å². The highest BCUT2D eigenvalue weighted by molar-refractivity contribution is 7.96. The van der Waals surface area contributed by atoms with Crippen LogP contribution in [0.4, 0.5) is 0 Å². The van der Waals surface area contributed by atoms with Gasteiger partial charge in [-0.2, -0.15) is 0 Å². The van der Waals surface area contributed by atoms with Crippen molar-refractivity contribution in [3.63, 3.8) is 0 Å². The van der Waals surface area contributed by atoms with E-state index in [0.29, 0.717) is 0 Å². The molecule has 0 N–H and O–H groups in total. The molecule has 0 amide bonds. The highest BCUT2D eigenvalue weighted by Gasteiger charge is 2.34. The van der Waals surface area contributed by atoms with Gasteiger partial charge in [-0.25, -0.2) is 0 Å². The molecule has 0 spiro atoms. The van der Waals surface area contributed by atoms with Crippen LogP contribution in [0.2, 0.25) is 0 Å². The molecule has 102 valence electrons. The molecule has 0 aromatic heterocycles. The Kier molecular flexibility index (Phi) is 10.0. The van der Waals surface area contributed by atoms with Crippen molar-refractivity contribution in [1.29, 1.82) is 0 Å². The summed E-state index contributed by atoms with van der Waals surface area (Å²) in [5.41, 5.74) is -0.121. The quantitative estimate of drug-likeness (QED) is 0.388. The predicted octanol–water partition coefficient (Wildman–Crippen LogP) is 5.39. The van der Waals surface area contributed by atoms with Gasteiger partial charge in [0, 0.05) is 5.41 Å². The summed E-state index contributed by atoms with van der Waals surface area (Å²) in [5.74, 6) is 0. The molecule has 0 saturated heterocycles. The molecular formula is C15H30OS. The zero-order chi connectivity index (χ0) is 13.1. The normalized spacial score (nSPS) is 11.8. The van der Waals surface area contributed by atoms with Gasteiger partial charge >= 0.3 is 0 Å². The average molecular weight is 258 g/mol. The molecule has 0 aliphatic carbocycles. The largest absolute Gasteiger partial charge is 0.287 e. The first-order valence-corrected chi connectivity index (χ1v) is 7.81. The summed E-state index contributed by atoms with van der Waals surface area (Å²) < 4.78 is 0. The number of rotatable bonds is 11. The van der Waals surface area contributed by atoms with E-state index in [2.05, 4.69) is 33.4 Å². The second-order valence-electron chi connectivity index (χ2n) is 5.25. The predicted molar refractivity (Wildman–Crippen MR) is 79.6 cm³/mol. The number of hydrogen-bond acceptors (Lipinski definition) is 1. The van der Waals surface area contributed by atoms with Crippen LogP contribution >= 0.6 is 12.6 Å². The van der Waals surface area contributed by atoms with Gasteiger partial charge in [-0.1, -0.05) is 65.7 Å². The molecule has 1 nitrogen and oxygen atoms in total. The SMILES string of the molecule is CCCCCC(CCCC)(CCCC)C(=O)S. The van der Waals surface area contributed by atoms with Crippen LogP contribution in [0.1, 0.15) is 85.0 Å². The lowest BCUT2D eigenvalue weighted by atomic mass is 9.75. The van der Waals surface area contributed by atoms with Gasteiger partial charge in [0.1, 0.15) is 0 Å². The fraction of sp³-hybridized carbons (Fsp3) is 0.933. The van der Waals surface area contributed by atoms with Crippen molar-refractivity contribution in [2.75, 3.05) is 0 Å². The lowest BCUT2D eigenvalue weighted by Crippen LogP contribution is -2.28. The van der Waals surface area contributed by atoms with Crippen LogP contribution in [-0.4, -0.2) is 5.12 Å². The van der Waals surface area contributed by atoms with E-state index in [4.69, 9.17) is 0 Å². The van der Waals surface area contributed by atoms with Crippen LogP contribution in [0.15, 0.2) is 0 Å². The Hall–Kier alpha value is 0.0200. The molecule has 17 heavy (non-hydrogen) atoms. The lowest BCUT2D eigenvalue weighted by molar-refractivity contribution is -0.121. The van der Waals surface area contributed by atoms with Gasteiger partial charge in [0.15, 0.2) is 5.12 Å². The molecular weight excluding hydrogens is 228 g/mol. The van der Waals surface area contributed by atoms with E-state index in [-0.39, 0.29) is 10.5 Å². The van der Waals surface area contributed by atoms with Crippen LogP contribution in [-0.2, 0) is 4.79 Å². The van der Waals surface area contributed by atoms with Gasteiger partial charge in [-0.05, 0) is 19.3 Å². The van der Waals surface area contributed by atoms with Gasteiger partial charge in [0.25, 0.3) is 0 Å².